The summed E-state index contributed by atoms with van der Waals surface area (Å²) in [6, 6.07) is 5.24. The lowest BCUT2D eigenvalue weighted by Crippen LogP contribution is -2.43. The van der Waals surface area contributed by atoms with Gasteiger partial charge in [-0.25, -0.2) is 4.79 Å². The fraction of sp³-hybridized carbons (Fsp3) is 0.513. The summed E-state index contributed by atoms with van der Waals surface area (Å²) in [4.78, 5) is 55.9. The van der Waals surface area contributed by atoms with E-state index in [1.165, 1.54) is 28.3 Å². The molecule has 14 heteroatoms. The van der Waals surface area contributed by atoms with Crippen molar-refractivity contribution in [3.8, 4) is 0 Å². The first kappa shape index (κ1) is 39.6. The van der Waals surface area contributed by atoms with Crippen LogP contribution in [0.4, 0.5) is 0 Å². The summed E-state index contributed by atoms with van der Waals surface area (Å²) >= 11 is 0. The monoisotopic (exact) mass is 734 g/mol. The van der Waals surface area contributed by atoms with Gasteiger partial charge >= 0.3 is 17.9 Å². The number of aromatic amines is 2. The fourth-order valence-electron chi connectivity index (χ4n) is 7.55. The van der Waals surface area contributed by atoms with E-state index < -0.39 is 35.4 Å². The second kappa shape index (κ2) is 15.4. The van der Waals surface area contributed by atoms with Crippen molar-refractivity contribution in [3.63, 3.8) is 0 Å². The molecule has 2 aliphatic heterocycles. The van der Waals surface area contributed by atoms with E-state index in [2.05, 4.69) is 9.97 Å². The number of aryl methyl sites for hydroxylation is 2. The Hall–Kier alpha value is -4.63. The van der Waals surface area contributed by atoms with Crippen LogP contribution in [-0.4, -0.2) is 89.9 Å². The van der Waals surface area contributed by atoms with Crippen molar-refractivity contribution < 1.29 is 48.3 Å². The highest BCUT2D eigenvalue weighted by atomic mass is 16.7. The van der Waals surface area contributed by atoms with Crippen LogP contribution in [0, 0.1) is 13.8 Å². The molecule has 0 saturated heterocycles. The topological polar surface area (TPSA) is 195 Å². The Labute approximate surface area is 308 Å². The van der Waals surface area contributed by atoms with Gasteiger partial charge < -0.3 is 43.9 Å². The lowest BCUT2D eigenvalue weighted by molar-refractivity contribution is -0.148. The van der Waals surface area contributed by atoms with Gasteiger partial charge in [-0.1, -0.05) is 13.8 Å². The van der Waals surface area contributed by atoms with Crippen molar-refractivity contribution in [3.05, 3.63) is 68.8 Å². The van der Waals surface area contributed by atoms with Gasteiger partial charge in [-0.15, -0.1) is 0 Å². The molecule has 0 aliphatic carbocycles. The molecule has 5 rings (SSSR count). The Morgan fingerprint density at radius 1 is 0.849 bits per heavy atom. The van der Waals surface area contributed by atoms with Crippen molar-refractivity contribution >= 4 is 40.0 Å². The molecule has 4 N–H and O–H groups in total. The van der Waals surface area contributed by atoms with E-state index >= 15 is 0 Å². The number of aromatic nitrogens is 4. The van der Waals surface area contributed by atoms with E-state index in [9.17, 15) is 24.6 Å². The van der Waals surface area contributed by atoms with Crippen LogP contribution in [0.3, 0.4) is 0 Å². The number of carbonyl (C=O) groups is 3. The minimum atomic E-state index is -1.83. The number of H-pyrrole nitrogens is 2. The maximum absolute atomic E-state index is 13.5. The van der Waals surface area contributed by atoms with Crippen LogP contribution in [0.2, 0.25) is 0 Å². The average molecular weight is 735 g/mol. The number of fused-ring (bicyclic) bond motifs is 8. The molecular formula is C39H50N4O10. The maximum Gasteiger partial charge on any atom is 0.340 e. The van der Waals surface area contributed by atoms with E-state index in [4.69, 9.17) is 33.7 Å². The van der Waals surface area contributed by atoms with Crippen molar-refractivity contribution in [2.24, 2.45) is 0 Å². The zero-order chi connectivity index (χ0) is 39.0. The van der Waals surface area contributed by atoms with Gasteiger partial charge in [0.2, 0.25) is 0 Å². The molecule has 0 saturated carbocycles. The average Bonchev–Trinajstić information content (AvgIpc) is 3.79. The second-order valence-corrected chi connectivity index (χ2v) is 13.8. The third-order valence-electron chi connectivity index (χ3n) is 11.1. The Bertz CT molecular complexity index is 2080. The molecule has 3 aromatic heterocycles. The molecule has 0 fully saturated rings. The molecule has 0 spiro atoms. The Balaban J connectivity index is 2.05. The molecule has 0 aromatic carbocycles. The number of nitrogens with one attached hydrogen (secondary N) is 2. The van der Waals surface area contributed by atoms with Crippen LogP contribution < -0.4 is 0 Å². The molecule has 8 bridgehead atoms. The van der Waals surface area contributed by atoms with Crippen LogP contribution >= 0.6 is 0 Å². The van der Waals surface area contributed by atoms with Crippen LogP contribution in [0.1, 0.15) is 107 Å². The number of methoxy groups -OCH3 is 5. The molecule has 5 heterocycles. The third kappa shape index (κ3) is 6.96. The minimum Gasteiger partial charge on any atom is -0.469 e. The lowest BCUT2D eigenvalue weighted by atomic mass is 9.80. The zero-order valence-corrected chi connectivity index (χ0v) is 32.1. The first-order valence-corrected chi connectivity index (χ1v) is 17.6. The third-order valence-corrected chi connectivity index (χ3v) is 11.1. The van der Waals surface area contributed by atoms with Gasteiger partial charge in [0.25, 0.3) is 0 Å². The second-order valence-electron chi connectivity index (χ2n) is 13.8. The maximum atomic E-state index is 13.5. The summed E-state index contributed by atoms with van der Waals surface area (Å²) in [7, 11) is 6.98. The van der Waals surface area contributed by atoms with Crippen LogP contribution in [0.25, 0.3) is 22.1 Å². The molecular weight excluding hydrogens is 684 g/mol. The van der Waals surface area contributed by atoms with Gasteiger partial charge in [0, 0.05) is 66.7 Å². The van der Waals surface area contributed by atoms with Crippen molar-refractivity contribution in [2.45, 2.75) is 96.1 Å². The first-order valence-electron chi connectivity index (χ1n) is 17.6. The molecule has 4 atom stereocenters. The SMILES string of the molecule is CCC1(O)c2cc3[nH]c(c(CC(=O)OC)c4nc(cc5[nH]c(cc(n2)C1(C)O)c(CC(OC)OC)c5C)[C@@H](C)[C@@H]4CCC(=O)OC)c(C(=O)OC)c3C. The van der Waals surface area contributed by atoms with Crippen LogP contribution in [-0.2, 0) is 57.3 Å². The van der Waals surface area contributed by atoms with E-state index in [0.29, 0.717) is 51.9 Å². The smallest absolute Gasteiger partial charge is 0.340 e. The molecule has 286 valence electrons. The highest BCUT2D eigenvalue weighted by Crippen LogP contribution is 2.47. The van der Waals surface area contributed by atoms with Gasteiger partial charge in [-0.3, -0.25) is 19.6 Å². The zero-order valence-electron chi connectivity index (χ0n) is 32.1. The van der Waals surface area contributed by atoms with Gasteiger partial charge in [0.1, 0.15) is 11.2 Å². The summed E-state index contributed by atoms with van der Waals surface area (Å²) in [6.07, 6.45) is 0.0328. The minimum absolute atomic E-state index is 0.0874. The molecule has 14 nitrogen and oxygen atoms in total. The van der Waals surface area contributed by atoms with Gasteiger partial charge in [0.15, 0.2) is 6.29 Å². The van der Waals surface area contributed by atoms with Gasteiger partial charge in [0.05, 0.1) is 55.9 Å². The summed E-state index contributed by atoms with van der Waals surface area (Å²) in [6.45, 7) is 8.94. The number of hydrogen-bond donors (Lipinski definition) is 4. The van der Waals surface area contributed by atoms with E-state index in [1.54, 1.807) is 40.2 Å². The van der Waals surface area contributed by atoms with E-state index in [-0.39, 0.29) is 53.6 Å². The Morgan fingerprint density at radius 3 is 2.09 bits per heavy atom. The summed E-state index contributed by atoms with van der Waals surface area (Å²) in [5.41, 5.74) is 2.59. The first-order chi connectivity index (χ1) is 25.1. The molecule has 53 heavy (non-hydrogen) atoms. The van der Waals surface area contributed by atoms with Gasteiger partial charge in [-0.2, -0.15) is 0 Å². The Morgan fingerprint density at radius 2 is 1.49 bits per heavy atom. The standard InChI is InChI=1S/C39H50N4O10/c1-11-39(48)30-17-27-21(4)34(37(46)53-10)36(42-27)24(14-32(45)50-7)35-22(12-13-31(44)49-6)19(2)26(41-35)16-25-20(3)23(15-33(51-8)52-9)28(40-25)18-29(43-30)38(39,5)47/h16-19,22,33,40,42,47-48H,11-15H2,1-10H3/t19-,22-,38?,39?/m0/s1. The predicted molar refractivity (Wildman–Crippen MR) is 195 cm³/mol. The molecule has 0 radical (unpaired) electrons. The molecule has 2 aliphatic rings. The number of esters is 3. The normalized spacial score (nSPS) is 21.2. The van der Waals surface area contributed by atoms with Crippen molar-refractivity contribution in [1.82, 2.24) is 19.9 Å². The van der Waals surface area contributed by atoms with Gasteiger partial charge in [-0.05, 0) is 68.5 Å². The summed E-state index contributed by atoms with van der Waals surface area (Å²) in [5.74, 6) is -2.26. The summed E-state index contributed by atoms with van der Waals surface area (Å²) in [5, 5.41) is 24.2. The highest BCUT2D eigenvalue weighted by Gasteiger charge is 2.53. The number of rotatable bonds is 11. The van der Waals surface area contributed by atoms with E-state index in [1.807, 2.05) is 19.9 Å². The quantitative estimate of drug-likeness (QED) is 0.118. The molecule has 0 amide bonds. The van der Waals surface area contributed by atoms with Crippen molar-refractivity contribution in [1.29, 1.82) is 0 Å². The Kier molecular flexibility index (Phi) is 11.5. The number of ether oxygens (including phenoxy) is 5. The highest BCUT2D eigenvalue weighted by molar-refractivity contribution is 6.03. The number of hydrogen-bond acceptors (Lipinski definition) is 12. The predicted octanol–water partition coefficient (Wildman–Crippen LogP) is 4.94. The largest absolute Gasteiger partial charge is 0.469 e. The number of aliphatic hydroxyl groups is 2. The molecule has 3 aromatic rings. The lowest BCUT2D eigenvalue weighted by Gasteiger charge is -2.34. The number of nitrogens with zero attached hydrogens (tertiary/aromatic N) is 2. The number of carbonyl (C=O) groups excluding carboxylic acids is 3. The van der Waals surface area contributed by atoms with E-state index in [0.717, 1.165) is 11.1 Å². The van der Waals surface area contributed by atoms with Crippen LogP contribution in [0.5, 0.6) is 0 Å². The fourth-order valence-corrected chi connectivity index (χ4v) is 7.55. The molecule has 2 unspecified atom stereocenters. The summed E-state index contributed by atoms with van der Waals surface area (Å²) < 4.78 is 26.5. The van der Waals surface area contributed by atoms with Crippen LogP contribution in [0.15, 0.2) is 18.2 Å². The van der Waals surface area contributed by atoms with Crippen molar-refractivity contribution in [2.75, 3.05) is 35.5 Å².